The van der Waals surface area contributed by atoms with Gasteiger partial charge in [-0.1, -0.05) is 12.1 Å². The van der Waals surface area contributed by atoms with Crippen molar-refractivity contribution in [2.45, 2.75) is 13.1 Å². The SMILES string of the molecule is COc1ccc(Cn2c(=O)c3nccnc3n(CC(=O)Nc3ccc(F)cc3F)c2=O)cc1. The number of carbonyl (C=O) groups is 1. The minimum Gasteiger partial charge on any atom is -0.497 e. The van der Waals surface area contributed by atoms with E-state index in [-0.39, 0.29) is 23.4 Å². The number of ether oxygens (including phenoxy) is 1. The lowest BCUT2D eigenvalue weighted by Gasteiger charge is -2.13. The molecule has 0 unspecified atom stereocenters. The average Bonchev–Trinajstić information content (AvgIpc) is 2.81. The number of rotatable bonds is 6. The topological polar surface area (TPSA) is 108 Å². The summed E-state index contributed by atoms with van der Waals surface area (Å²) in [5, 5.41) is 2.28. The highest BCUT2D eigenvalue weighted by molar-refractivity contribution is 5.91. The van der Waals surface area contributed by atoms with Crippen molar-refractivity contribution in [3.8, 4) is 5.75 Å². The molecular formula is C22H17F2N5O4. The number of anilines is 1. The molecule has 4 rings (SSSR count). The third-order valence-electron chi connectivity index (χ3n) is 4.85. The number of halogens is 2. The van der Waals surface area contributed by atoms with E-state index in [0.29, 0.717) is 17.4 Å². The molecule has 1 N–H and O–H groups in total. The third-order valence-corrected chi connectivity index (χ3v) is 4.85. The van der Waals surface area contributed by atoms with Gasteiger partial charge in [0, 0.05) is 18.5 Å². The van der Waals surface area contributed by atoms with Crippen LogP contribution in [0.25, 0.3) is 11.2 Å². The number of carbonyl (C=O) groups excluding carboxylic acids is 1. The molecule has 2 aromatic heterocycles. The molecule has 0 saturated heterocycles. The molecule has 11 heteroatoms. The highest BCUT2D eigenvalue weighted by atomic mass is 19.1. The summed E-state index contributed by atoms with van der Waals surface area (Å²) in [7, 11) is 1.52. The van der Waals surface area contributed by atoms with Crippen molar-refractivity contribution in [2.24, 2.45) is 0 Å². The number of benzene rings is 2. The Morgan fingerprint density at radius 3 is 2.45 bits per heavy atom. The van der Waals surface area contributed by atoms with Gasteiger partial charge in [-0.05, 0) is 29.8 Å². The number of methoxy groups -OCH3 is 1. The molecular weight excluding hydrogens is 436 g/mol. The fraction of sp³-hybridized carbons (Fsp3) is 0.136. The van der Waals surface area contributed by atoms with E-state index in [9.17, 15) is 23.2 Å². The molecule has 0 aliphatic carbocycles. The largest absolute Gasteiger partial charge is 0.497 e. The lowest BCUT2D eigenvalue weighted by Crippen LogP contribution is -2.42. The second-order valence-electron chi connectivity index (χ2n) is 7.01. The molecule has 0 atom stereocenters. The summed E-state index contributed by atoms with van der Waals surface area (Å²) < 4.78 is 34.0. The molecule has 168 valence electrons. The van der Waals surface area contributed by atoms with Crippen molar-refractivity contribution in [1.29, 1.82) is 0 Å². The number of hydrogen-bond donors (Lipinski definition) is 1. The normalized spacial score (nSPS) is 10.9. The lowest BCUT2D eigenvalue weighted by atomic mass is 10.2. The molecule has 9 nitrogen and oxygen atoms in total. The first-order valence-electron chi connectivity index (χ1n) is 9.69. The number of hydrogen-bond acceptors (Lipinski definition) is 6. The Balaban J connectivity index is 1.73. The van der Waals surface area contributed by atoms with Gasteiger partial charge in [-0.2, -0.15) is 0 Å². The smallest absolute Gasteiger partial charge is 0.333 e. The molecule has 0 bridgehead atoms. The van der Waals surface area contributed by atoms with Gasteiger partial charge in [0.15, 0.2) is 11.2 Å². The van der Waals surface area contributed by atoms with E-state index in [1.807, 2.05) is 0 Å². The van der Waals surface area contributed by atoms with E-state index in [1.54, 1.807) is 24.3 Å². The maximum Gasteiger partial charge on any atom is 0.333 e. The Hall–Kier alpha value is -4.41. The lowest BCUT2D eigenvalue weighted by molar-refractivity contribution is -0.116. The van der Waals surface area contributed by atoms with Crippen LogP contribution < -0.4 is 21.3 Å². The van der Waals surface area contributed by atoms with Crippen molar-refractivity contribution in [1.82, 2.24) is 19.1 Å². The molecule has 33 heavy (non-hydrogen) atoms. The second kappa shape index (κ2) is 8.99. The fourth-order valence-electron chi connectivity index (χ4n) is 3.25. The number of nitrogens with one attached hydrogen (secondary N) is 1. The van der Waals surface area contributed by atoms with Gasteiger partial charge in [0.05, 0.1) is 19.3 Å². The van der Waals surface area contributed by atoms with E-state index < -0.39 is 35.3 Å². The Morgan fingerprint density at radius 1 is 1.03 bits per heavy atom. The quantitative estimate of drug-likeness (QED) is 0.478. The van der Waals surface area contributed by atoms with Gasteiger partial charge < -0.3 is 10.1 Å². The molecule has 0 aliphatic heterocycles. The van der Waals surface area contributed by atoms with Crippen LogP contribution in [0.5, 0.6) is 5.75 Å². The van der Waals surface area contributed by atoms with Gasteiger partial charge in [0.1, 0.15) is 23.9 Å². The summed E-state index contributed by atoms with van der Waals surface area (Å²) in [4.78, 5) is 46.7. The summed E-state index contributed by atoms with van der Waals surface area (Å²) in [6.07, 6.45) is 2.58. The van der Waals surface area contributed by atoms with Crippen LogP contribution in [0.4, 0.5) is 14.5 Å². The van der Waals surface area contributed by atoms with Crippen LogP contribution in [0.1, 0.15) is 5.56 Å². The zero-order valence-electron chi connectivity index (χ0n) is 17.3. The summed E-state index contributed by atoms with van der Waals surface area (Å²) >= 11 is 0. The summed E-state index contributed by atoms with van der Waals surface area (Å²) in [6.45, 7) is -0.657. The first kappa shape index (κ1) is 21.8. The van der Waals surface area contributed by atoms with Gasteiger partial charge in [-0.25, -0.2) is 23.5 Å². The number of nitrogens with zero attached hydrogens (tertiary/aromatic N) is 4. The van der Waals surface area contributed by atoms with Crippen LogP contribution in [0, 0.1) is 11.6 Å². The minimum absolute atomic E-state index is 0.0810. The summed E-state index contributed by atoms with van der Waals surface area (Å²) in [5.41, 5.74) is -1.27. The van der Waals surface area contributed by atoms with Gasteiger partial charge in [0.25, 0.3) is 5.56 Å². The molecule has 0 spiro atoms. The Morgan fingerprint density at radius 2 is 1.76 bits per heavy atom. The van der Waals surface area contributed by atoms with Gasteiger partial charge >= 0.3 is 5.69 Å². The fourth-order valence-corrected chi connectivity index (χ4v) is 3.25. The monoisotopic (exact) mass is 453 g/mol. The first-order chi connectivity index (χ1) is 15.9. The highest BCUT2D eigenvalue weighted by Gasteiger charge is 2.18. The number of fused-ring (bicyclic) bond motifs is 1. The molecule has 4 aromatic rings. The van der Waals surface area contributed by atoms with Crippen molar-refractivity contribution < 1.29 is 18.3 Å². The van der Waals surface area contributed by atoms with E-state index in [2.05, 4.69) is 15.3 Å². The Labute approximate surface area is 184 Å². The van der Waals surface area contributed by atoms with Crippen LogP contribution >= 0.6 is 0 Å². The highest BCUT2D eigenvalue weighted by Crippen LogP contribution is 2.15. The van der Waals surface area contributed by atoms with E-state index >= 15 is 0 Å². The first-order valence-corrected chi connectivity index (χ1v) is 9.69. The maximum absolute atomic E-state index is 13.9. The molecule has 0 aliphatic rings. The predicted molar refractivity (Wildman–Crippen MR) is 115 cm³/mol. The summed E-state index contributed by atoms with van der Waals surface area (Å²) in [6, 6.07) is 9.43. The maximum atomic E-state index is 13.9. The van der Waals surface area contributed by atoms with Crippen molar-refractivity contribution >= 4 is 22.8 Å². The molecule has 1 amide bonds. The van der Waals surface area contributed by atoms with E-state index in [1.165, 1.54) is 19.5 Å². The molecule has 0 saturated carbocycles. The standard InChI is InChI=1S/C22H17F2N5O4/c1-33-15-5-2-13(3-6-15)11-29-21(31)19-20(26-9-8-25-19)28(22(29)32)12-18(30)27-17-7-4-14(23)10-16(17)24/h2-10H,11-12H2,1H3,(H,27,30). The molecule has 2 heterocycles. The van der Waals surface area contributed by atoms with Crippen LogP contribution in [0.15, 0.2) is 64.4 Å². The molecule has 2 aromatic carbocycles. The Kier molecular flexibility index (Phi) is 5.94. The number of aromatic nitrogens is 4. The van der Waals surface area contributed by atoms with Gasteiger partial charge in [-0.3, -0.25) is 18.7 Å². The van der Waals surface area contributed by atoms with Crippen LogP contribution in [0.2, 0.25) is 0 Å². The van der Waals surface area contributed by atoms with E-state index in [0.717, 1.165) is 21.3 Å². The van der Waals surface area contributed by atoms with E-state index in [4.69, 9.17) is 4.74 Å². The zero-order valence-corrected chi connectivity index (χ0v) is 17.3. The summed E-state index contributed by atoms with van der Waals surface area (Å²) in [5.74, 6) is -1.93. The Bertz CT molecular complexity index is 1460. The van der Waals surface area contributed by atoms with Crippen molar-refractivity contribution in [2.75, 3.05) is 12.4 Å². The third kappa shape index (κ3) is 4.47. The van der Waals surface area contributed by atoms with Crippen LogP contribution in [-0.4, -0.2) is 32.1 Å². The van der Waals surface area contributed by atoms with Crippen LogP contribution in [0.3, 0.4) is 0 Å². The predicted octanol–water partition coefficient (Wildman–Crippen LogP) is 1.93. The second-order valence-corrected chi connectivity index (χ2v) is 7.01. The van der Waals surface area contributed by atoms with Crippen molar-refractivity contribution in [3.63, 3.8) is 0 Å². The molecule has 0 radical (unpaired) electrons. The number of amides is 1. The van der Waals surface area contributed by atoms with Crippen molar-refractivity contribution in [3.05, 3.63) is 92.9 Å². The van der Waals surface area contributed by atoms with Crippen LogP contribution in [-0.2, 0) is 17.9 Å². The minimum atomic E-state index is -0.968. The van der Waals surface area contributed by atoms with Gasteiger partial charge in [0.2, 0.25) is 5.91 Å². The van der Waals surface area contributed by atoms with Gasteiger partial charge in [-0.15, -0.1) is 0 Å². The zero-order chi connectivity index (χ0) is 23.5. The molecule has 0 fully saturated rings. The average molecular weight is 453 g/mol.